The number of ether oxygens (including phenoxy) is 4. The maximum absolute atomic E-state index is 12.7. The number of rotatable bonds is 22. The normalized spacial score (nSPS) is 11.2. The van der Waals surface area contributed by atoms with Gasteiger partial charge in [-0.05, 0) is 76.2 Å². The molecule has 0 spiro atoms. The fourth-order valence-electron chi connectivity index (χ4n) is 5.70. The number of benzene rings is 2. The number of nitro groups is 2. The SMILES string of the molecule is CCOC(C[N+](C)(C)CC(=O)c1ccc(-c2ccc([N+](=O)[O-])cc2)o1)OCC.CCOC(C[N+](C)(C)CC(=O)c1ccc(-c2ccc([N+](=O)[O-])cc2)o1)OCC.O.[Cl-].[Cl-]. The van der Waals surface area contributed by atoms with Gasteiger partial charge in [0.2, 0.25) is 12.6 Å². The molecule has 0 aliphatic rings. The minimum atomic E-state index is -0.460. The molecule has 2 aromatic carbocycles. The quantitative estimate of drug-likeness (QED) is 0.0341. The van der Waals surface area contributed by atoms with Gasteiger partial charge in [-0.1, -0.05) is 0 Å². The molecule has 4 rings (SSSR count). The second-order valence-corrected chi connectivity index (χ2v) is 14.0. The third kappa shape index (κ3) is 17.7. The van der Waals surface area contributed by atoms with E-state index in [0.717, 1.165) is 0 Å². The second kappa shape index (κ2) is 25.8. The lowest BCUT2D eigenvalue weighted by molar-refractivity contribution is -0.888. The lowest BCUT2D eigenvalue weighted by Gasteiger charge is -2.32. The van der Waals surface area contributed by atoms with Crippen molar-refractivity contribution in [2.45, 2.75) is 40.3 Å². The minimum Gasteiger partial charge on any atom is -1.00 e. The lowest BCUT2D eigenvalue weighted by Crippen LogP contribution is -3.00. The van der Waals surface area contributed by atoms with Crippen LogP contribution in [0.5, 0.6) is 0 Å². The Morgan fingerprint density at radius 1 is 0.559 bits per heavy atom. The van der Waals surface area contributed by atoms with Gasteiger partial charge in [0, 0.05) is 61.8 Å². The summed E-state index contributed by atoms with van der Waals surface area (Å²) >= 11 is 0. The maximum atomic E-state index is 12.7. The van der Waals surface area contributed by atoms with Gasteiger partial charge in [0.15, 0.2) is 11.5 Å². The van der Waals surface area contributed by atoms with Crippen molar-refractivity contribution < 1.29 is 86.5 Å². The van der Waals surface area contributed by atoms with Crippen molar-refractivity contribution in [3.05, 3.63) is 105 Å². The topological polar surface area (TPSA) is 215 Å². The molecular weight excluding hydrogens is 815 g/mol. The van der Waals surface area contributed by atoms with E-state index in [1.807, 2.05) is 55.9 Å². The largest absolute Gasteiger partial charge is 1.00 e. The van der Waals surface area contributed by atoms with Crippen LogP contribution in [0, 0.1) is 20.2 Å². The highest BCUT2D eigenvalue weighted by molar-refractivity contribution is 5.95. The van der Waals surface area contributed by atoms with Crippen LogP contribution in [-0.4, -0.2) is 129 Å². The fraction of sp³-hybridized carbons (Fsp3) is 0.450. The highest BCUT2D eigenvalue weighted by Gasteiger charge is 2.29. The molecule has 2 N–H and O–H groups in total. The van der Waals surface area contributed by atoms with Gasteiger partial charge < -0.3 is 67.0 Å². The maximum Gasteiger partial charge on any atom is 0.269 e. The third-order valence-corrected chi connectivity index (χ3v) is 8.33. The van der Waals surface area contributed by atoms with Crippen LogP contribution < -0.4 is 24.8 Å². The molecule has 2 aromatic heterocycles. The summed E-state index contributed by atoms with van der Waals surface area (Å²) in [5, 5.41) is 21.5. The molecule has 0 radical (unpaired) electrons. The summed E-state index contributed by atoms with van der Waals surface area (Å²) in [4.78, 5) is 45.9. The molecule has 17 nitrogen and oxygen atoms in total. The number of hydrogen-bond donors (Lipinski definition) is 0. The Morgan fingerprint density at radius 2 is 0.847 bits per heavy atom. The Balaban J connectivity index is 0.00000109. The van der Waals surface area contributed by atoms with Gasteiger partial charge in [-0.3, -0.25) is 29.8 Å². The molecule has 0 aliphatic carbocycles. The highest BCUT2D eigenvalue weighted by atomic mass is 35.5. The van der Waals surface area contributed by atoms with Crippen LogP contribution in [0.2, 0.25) is 0 Å². The van der Waals surface area contributed by atoms with E-state index in [4.69, 9.17) is 27.8 Å². The van der Waals surface area contributed by atoms with E-state index in [1.165, 1.54) is 24.3 Å². The molecule has 0 fully saturated rings. The summed E-state index contributed by atoms with van der Waals surface area (Å²) in [6.45, 7) is 11.3. The minimum absolute atomic E-state index is 0. The van der Waals surface area contributed by atoms with Gasteiger partial charge in [-0.15, -0.1) is 0 Å². The molecule has 0 saturated carbocycles. The number of ketones is 2. The number of non-ortho nitro benzene ring substituents is 2. The molecule has 0 bridgehead atoms. The first-order valence-corrected chi connectivity index (χ1v) is 18.4. The first-order valence-electron chi connectivity index (χ1n) is 18.4. The standard InChI is InChI=1S/2C20H27N2O6.2ClH.H2O/c2*1-5-26-20(27-6-2)14-22(3,4)13-17(23)19-12-11-18(28-19)15-7-9-16(10-8-15)21(24)25;;;/h2*7-12,20H,5-6,13-14H2,1-4H3;2*1H;1H2/q2*+1;;;/p-2. The Bertz CT molecular complexity index is 1730. The van der Waals surface area contributed by atoms with Crippen molar-refractivity contribution in [2.24, 2.45) is 0 Å². The average Bonchev–Trinajstić information content (AvgIpc) is 3.84. The number of carbonyl (C=O) groups is 2. The summed E-state index contributed by atoms with van der Waals surface area (Å²) in [5.41, 5.74) is 1.35. The Kier molecular flexibility index (Phi) is 23.8. The summed E-state index contributed by atoms with van der Waals surface area (Å²) in [6.07, 6.45) is -0.741. The third-order valence-electron chi connectivity index (χ3n) is 8.33. The van der Waals surface area contributed by atoms with Crippen molar-refractivity contribution in [2.75, 3.05) is 80.8 Å². The number of halogens is 2. The van der Waals surface area contributed by atoms with Crippen LogP contribution in [0.1, 0.15) is 48.8 Å². The van der Waals surface area contributed by atoms with Crippen molar-refractivity contribution in [1.82, 2.24) is 0 Å². The summed E-state index contributed by atoms with van der Waals surface area (Å²) < 4.78 is 34.4. The zero-order valence-electron chi connectivity index (χ0n) is 34.7. The smallest absolute Gasteiger partial charge is 0.269 e. The summed E-state index contributed by atoms with van der Waals surface area (Å²) in [6, 6.07) is 18.6. The van der Waals surface area contributed by atoms with Gasteiger partial charge >= 0.3 is 0 Å². The molecule has 2 heterocycles. The number of Topliss-reactive ketones (excluding diaryl/α,β-unsaturated/α-hetero) is 2. The van der Waals surface area contributed by atoms with Crippen LogP contribution >= 0.6 is 0 Å². The van der Waals surface area contributed by atoms with E-state index in [-0.39, 0.29) is 90.4 Å². The Morgan fingerprint density at radius 3 is 1.10 bits per heavy atom. The molecule has 0 aliphatic heterocycles. The van der Waals surface area contributed by atoms with E-state index < -0.39 is 9.85 Å². The van der Waals surface area contributed by atoms with Crippen molar-refractivity contribution in [3.63, 3.8) is 0 Å². The lowest BCUT2D eigenvalue weighted by atomic mass is 10.1. The van der Waals surface area contributed by atoms with Crippen molar-refractivity contribution in [3.8, 4) is 22.6 Å². The first-order chi connectivity index (χ1) is 26.5. The molecule has 0 amide bonds. The van der Waals surface area contributed by atoms with Crippen LogP contribution in [0.25, 0.3) is 22.6 Å². The molecule has 59 heavy (non-hydrogen) atoms. The molecule has 4 aromatic rings. The zero-order chi connectivity index (χ0) is 41.5. The van der Waals surface area contributed by atoms with Crippen molar-refractivity contribution >= 4 is 22.9 Å². The first kappa shape index (κ1) is 54.4. The number of furan rings is 2. The summed E-state index contributed by atoms with van der Waals surface area (Å²) in [7, 11) is 7.73. The van der Waals surface area contributed by atoms with E-state index in [2.05, 4.69) is 0 Å². The van der Waals surface area contributed by atoms with E-state index >= 15 is 0 Å². The van der Waals surface area contributed by atoms with Crippen LogP contribution in [0.3, 0.4) is 0 Å². The van der Waals surface area contributed by atoms with Gasteiger partial charge in [0.25, 0.3) is 22.9 Å². The molecule has 328 valence electrons. The van der Waals surface area contributed by atoms with Crippen LogP contribution in [-0.2, 0) is 18.9 Å². The van der Waals surface area contributed by atoms with Gasteiger partial charge in [0.1, 0.15) is 37.7 Å². The van der Waals surface area contributed by atoms with Gasteiger partial charge in [-0.25, -0.2) is 0 Å². The number of carbonyl (C=O) groups excluding carboxylic acids is 2. The molecular formula is C40H56Cl2N4O13. The van der Waals surface area contributed by atoms with E-state index in [9.17, 15) is 29.8 Å². The van der Waals surface area contributed by atoms with Crippen molar-refractivity contribution in [1.29, 1.82) is 0 Å². The molecule has 19 heteroatoms. The molecule has 0 unspecified atom stereocenters. The monoisotopic (exact) mass is 870 g/mol. The number of nitrogens with zero attached hydrogens (tertiary/aromatic N) is 4. The number of likely N-dealkylation sites (N-methyl/N-ethyl adjacent to an activating group) is 2. The fourth-order valence-corrected chi connectivity index (χ4v) is 5.70. The van der Waals surface area contributed by atoms with E-state index in [0.29, 0.717) is 71.1 Å². The molecule has 0 atom stereocenters. The molecule has 0 saturated heterocycles. The predicted octanol–water partition coefficient (Wildman–Crippen LogP) is 0.209. The number of hydrogen-bond acceptors (Lipinski definition) is 12. The summed E-state index contributed by atoms with van der Waals surface area (Å²) in [5.74, 6) is 1.22. The zero-order valence-corrected chi connectivity index (χ0v) is 36.2. The van der Waals surface area contributed by atoms with Gasteiger partial charge in [0.05, 0.1) is 38.0 Å². The Labute approximate surface area is 356 Å². The van der Waals surface area contributed by atoms with Gasteiger partial charge in [-0.2, -0.15) is 0 Å². The van der Waals surface area contributed by atoms with Crippen LogP contribution in [0.4, 0.5) is 11.4 Å². The van der Waals surface area contributed by atoms with Crippen LogP contribution in [0.15, 0.2) is 81.6 Å². The predicted molar refractivity (Wildman–Crippen MR) is 212 cm³/mol. The number of nitro benzene ring substituents is 2. The Hall–Kier alpha value is -4.56. The average molecular weight is 872 g/mol. The highest BCUT2D eigenvalue weighted by Crippen LogP contribution is 2.26. The number of quaternary nitrogens is 2. The van der Waals surface area contributed by atoms with E-state index in [1.54, 1.807) is 48.5 Å². The second-order valence-electron chi connectivity index (χ2n) is 14.0.